The number of nitrogens with two attached hydrogens (primary N) is 1. The van der Waals surface area contributed by atoms with Crippen molar-refractivity contribution >= 4 is 44.1 Å². The van der Waals surface area contributed by atoms with Crippen LogP contribution in [-0.4, -0.2) is 17.9 Å². The van der Waals surface area contributed by atoms with E-state index in [0.717, 1.165) is 14.9 Å². The SMILES string of the molecule is CCc1c(C)sc(NC(=O)c2cc(Br)ccc2OC(C)C)c1C(N)=O. The second-order valence-electron chi connectivity index (χ2n) is 5.82. The maximum atomic E-state index is 12.8. The van der Waals surface area contributed by atoms with Crippen LogP contribution >= 0.6 is 27.3 Å². The molecule has 0 aliphatic carbocycles. The fraction of sp³-hybridized carbons (Fsp3) is 0.333. The Morgan fingerprint density at radius 1 is 1.36 bits per heavy atom. The van der Waals surface area contributed by atoms with Gasteiger partial charge in [-0.3, -0.25) is 9.59 Å². The lowest BCUT2D eigenvalue weighted by atomic mass is 10.1. The van der Waals surface area contributed by atoms with Gasteiger partial charge in [0.1, 0.15) is 10.8 Å². The average molecular weight is 425 g/mol. The molecule has 2 rings (SSSR count). The van der Waals surface area contributed by atoms with Crippen molar-refractivity contribution in [3.8, 4) is 5.75 Å². The number of benzene rings is 1. The molecule has 0 unspecified atom stereocenters. The Balaban J connectivity index is 2.41. The van der Waals surface area contributed by atoms with Crippen LogP contribution in [0.15, 0.2) is 22.7 Å². The summed E-state index contributed by atoms with van der Waals surface area (Å²) in [6.07, 6.45) is 0.610. The molecule has 0 atom stereocenters. The maximum Gasteiger partial charge on any atom is 0.260 e. The van der Waals surface area contributed by atoms with Crippen molar-refractivity contribution in [2.45, 2.75) is 40.2 Å². The first-order chi connectivity index (χ1) is 11.7. The Kier molecular flexibility index (Phi) is 6.24. The monoisotopic (exact) mass is 424 g/mol. The predicted molar refractivity (Wildman–Crippen MR) is 105 cm³/mol. The average Bonchev–Trinajstić information content (AvgIpc) is 2.83. The molecule has 25 heavy (non-hydrogen) atoms. The number of ether oxygens (including phenoxy) is 1. The highest BCUT2D eigenvalue weighted by atomic mass is 79.9. The largest absolute Gasteiger partial charge is 0.490 e. The Hall–Kier alpha value is -1.86. The molecule has 2 amide bonds. The van der Waals surface area contributed by atoms with Crippen LogP contribution in [0.2, 0.25) is 0 Å². The van der Waals surface area contributed by atoms with Gasteiger partial charge in [-0.15, -0.1) is 11.3 Å². The summed E-state index contributed by atoms with van der Waals surface area (Å²) in [7, 11) is 0. The number of aryl methyl sites for hydroxylation is 1. The van der Waals surface area contributed by atoms with E-state index >= 15 is 0 Å². The summed E-state index contributed by atoms with van der Waals surface area (Å²) in [5.74, 6) is -0.395. The summed E-state index contributed by atoms with van der Waals surface area (Å²) < 4.78 is 6.48. The zero-order valence-corrected chi connectivity index (χ0v) is 17.0. The van der Waals surface area contributed by atoms with Crippen molar-refractivity contribution < 1.29 is 14.3 Å². The first kappa shape index (κ1) is 19.5. The number of hydrogen-bond donors (Lipinski definition) is 2. The van der Waals surface area contributed by atoms with Crippen molar-refractivity contribution in [3.63, 3.8) is 0 Å². The van der Waals surface area contributed by atoms with Gasteiger partial charge in [-0.2, -0.15) is 0 Å². The van der Waals surface area contributed by atoms with Crippen LogP contribution in [0.5, 0.6) is 5.75 Å². The number of halogens is 1. The summed E-state index contributed by atoms with van der Waals surface area (Å²) in [6, 6.07) is 5.25. The topological polar surface area (TPSA) is 81.4 Å². The van der Waals surface area contributed by atoms with Crippen molar-refractivity contribution in [1.29, 1.82) is 0 Å². The van der Waals surface area contributed by atoms with Gasteiger partial charge in [0, 0.05) is 9.35 Å². The minimum atomic E-state index is -0.538. The number of primary amides is 1. The first-order valence-corrected chi connectivity index (χ1v) is 9.55. The van der Waals surface area contributed by atoms with Gasteiger partial charge in [0.05, 0.1) is 17.2 Å². The zero-order chi connectivity index (χ0) is 18.7. The van der Waals surface area contributed by atoms with Crippen molar-refractivity contribution in [2.24, 2.45) is 5.73 Å². The van der Waals surface area contributed by atoms with E-state index in [1.165, 1.54) is 11.3 Å². The number of anilines is 1. The molecule has 2 aromatic rings. The van der Waals surface area contributed by atoms with E-state index in [4.69, 9.17) is 10.5 Å². The zero-order valence-electron chi connectivity index (χ0n) is 14.6. The van der Waals surface area contributed by atoms with E-state index in [-0.39, 0.29) is 12.0 Å². The van der Waals surface area contributed by atoms with Crippen LogP contribution in [-0.2, 0) is 6.42 Å². The summed E-state index contributed by atoms with van der Waals surface area (Å²) in [5.41, 5.74) is 7.18. The molecule has 3 N–H and O–H groups in total. The molecule has 5 nitrogen and oxygen atoms in total. The molecule has 7 heteroatoms. The number of nitrogens with one attached hydrogen (secondary N) is 1. The van der Waals surface area contributed by atoms with E-state index in [2.05, 4.69) is 21.2 Å². The molecular formula is C18H21BrN2O3S. The quantitative estimate of drug-likeness (QED) is 0.714. The highest BCUT2D eigenvalue weighted by Crippen LogP contribution is 2.34. The van der Waals surface area contributed by atoms with Crippen molar-refractivity contribution in [2.75, 3.05) is 5.32 Å². The smallest absolute Gasteiger partial charge is 0.260 e. The van der Waals surface area contributed by atoms with Gasteiger partial charge in [-0.05, 0) is 51.0 Å². The third kappa shape index (κ3) is 4.41. The second kappa shape index (κ2) is 8.01. The van der Waals surface area contributed by atoms with E-state index in [9.17, 15) is 9.59 Å². The van der Waals surface area contributed by atoms with E-state index in [1.54, 1.807) is 12.1 Å². The fourth-order valence-corrected chi connectivity index (χ4v) is 4.07. The molecule has 0 saturated carbocycles. The molecule has 0 saturated heterocycles. The van der Waals surface area contributed by atoms with Gasteiger partial charge in [-0.1, -0.05) is 22.9 Å². The minimum absolute atomic E-state index is 0.0652. The molecule has 0 aliphatic rings. The Morgan fingerprint density at radius 3 is 2.60 bits per heavy atom. The Morgan fingerprint density at radius 2 is 2.04 bits per heavy atom. The van der Waals surface area contributed by atoms with Crippen LogP contribution in [0.3, 0.4) is 0 Å². The van der Waals surface area contributed by atoms with Crippen LogP contribution in [0.25, 0.3) is 0 Å². The summed E-state index contributed by atoms with van der Waals surface area (Å²) >= 11 is 4.73. The maximum absolute atomic E-state index is 12.8. The number of thiophene rings is 1. The summed E-state index contributed by atoms with van der Waals surface area (Å²) in [5, 5.41) is 3.30. The standard InChI is InChI=1S/C18H21BrN2O3S/c1-5-12-10(4)25-18(15(12)16(20)22)21-17(23)13-8-11(19)6-7-14(13)24-9(2)3/h6-9H,5H2,1-4H3,(H2,20,22)(H,21,23). The second-order valence-corrected chi connectivity index (χ2v) is 7.96. The normalized spacial score (nSPS) is 10.8. The molecule has 134 valence electrons. The Bertz CT molecular complexity index is 815. The van der Waals surface area contributed by atoms with Crippen LogP contribution in [0, 0.1) is 6.92 Å². The van der Waals surface area contributed by atoms with Gasteiger partial charge >= 0.3 is 0 Å². The van der Waals surface area contributed by atoms with Gasteiger partial charge in [-0.25, -0.2) is 0 Å². The molecule has 0 bridgehead atoms. The lowest BCUT2D eigenvalue weighted by Crippen LogP contribution is -2.19. The predicted octanol–water partition coefficient (Wildman–Crippen LogP) is 4.52. The molecule has 1 heterocycles. The van der Waals surface area contributed by atoms with Crippen LogP contribution < -0.4 is 15.8 Å². The van der Waals surface area contributed by atoms with E-state index in [1.807, 2.05) is 33.8 Å². The number of amides is 2. The first-order valence-electron chi connectivity index (χ1n) is 7.94. The number of carbonyl (C=O) groups is 2. The molecule has 1 aromatic heterocycles. The number of carbonyl (C=O) groups excluding carboxylic acids is 2. The van der Waals surface area contributed by atoms with Gasteiger partial charge in [0.2, 0.25) is 0 Å². The third-order valence-corrected chi connectivity index (χ3v) is 5.14. The van der Waals surface area contributed by atoms with E-state index < -0.39 is 5.91 Å². The lowest BCUT2D eigenvalue weighted by molar-refractivity contribution is 0.100. The Labute approximate surface area is 159 Å². The number of hydrogen-bond acceptors (Lipinski definition) is 4. The molecule has 0 fully saturated rings. The molecular weight excluding hydrogens is 404 g/mol. The molecule has 0 aliphatic heterocycles. The van der Waals surface area contributed by atoms with Gasteiger partial charge in [0.25, 0.3) is 11.8 Å². The number of rotatable bonds is 6. The molecule has 1 aromatic carbocycles. The van der Waals surface area contributed by atoms with Crippen molar-refractivity contribution in [1.82, 2.24) is 0 Å². The molecule has 0 radical (unpaired) electrons. The van der Waals surface area contributed by atoms with Crippen molar-refractivity contribution in [3.05, 3.63) is 44.2 Å². The summed E-state index contributed by atoms with van der Waals surface area (Å²) in [4.78, 5) is 25.6. The van der Waals surface area contributed by atoms with Crippen LogP contribution in [0.1, 0.15) is 51.9 Å². The fourth-order valence-electron chi connectivity index (χ4n) is 2.56. The molecule has 0 spiro atoms. The highest BCUT2D eigenvalue weighted by Gasteiger charge is 2.22. The third-order valence-electron chi connectivity index (χ3n) is 3.58. The van der Waals surface area contributed by atoms with Gasteiger partial charge in [0.15, 0.2) is 0 Å². The highest BCUT2D eigenvalue weighted by molar-refractivity contribution is 9.10. The lowest BCUT2D eigenvalue weighted by Gasteiger charge is -2.14. The van der Waals surface area contributed by atoms with Crippen LogP contribution in [0.4, 0.5) is 5.00 Å². The van der Waals surface area contributed by atoms with E-state index in [0.29, 0.717) is 28.3 Å². The summed E-state index contributed by atoms with van der Waals surface area (Å²) in [6.45, 7) is 7.66. The van der Waals surface area contributed by atoms with Gasteiger partial charge < -0.3 is 15.8 Å². The minimum Gasteiger partial charge on any atom is -0.490 e.